The number of aromatic nitrogens is 2. The van der Waals surface area contributed by atoms with Gasteiger partial charge in [0.1, 0.15) is 0 Å². The Balaban J connectivity index is 1.78. The van der Waals surface area contributed by atoms with Gasteiger partial charge < -0.3 is 9.84 Å². The van der Waals surface area contributed by atoms with Gasteiger partial charge in [0.15, 0.2) is 5.82 Å². The minimum Gasteiger partial charge on any atom is -0.339 e. The van der Waals surface area contributed by atoms with Gasteiger partial charge in [-0.3, -0.25) is 0 Å². The van der Waals surface area contributed by atoms with Gasteiger partial charge >= 0.3 is 0 Å². The summed E-state index contributed by atoms with van der Waals surface area (Å²) >= 11 is 1.89. The SMILES string of the molecule is CCC(C)SCc1noc(CC2CCCNC2)n1. The molecule has 18 heavy (non-hydrogen) atoms. The predicted molar refractivity (Wildman–Crippen MR) is 74.6 cm³/mol. The van der Waals surface area contributed by atoms with Crippen molar-refractivity contribution in [2.45, 2.75) is 50.5 Å². The minimum absolute atomic E-state index is 0.661. The minimum atomic E-state index is 0.661. The zero-order valence-electron chi connectivity index (χ0n) is 11.3. The average Bonchev–Trinajstić information content (AvgIpc) is 2.85. The molecule has 0 saturated carbocycles. The Morgan fingerprint density at radius 3 is 3.17 bits per heavy atom. The average molecular weight is 269 g/mol. The van der Waals surface area contributed by atoms with E-state index in [2.05, 4.69) is 29.3 Å². The Bertz CT molecular complexity index is 350. The van der Waals surface area contributed by atoms with Crippen molar-refractivity contribution >= 4 is 11.8 Å². The summed E-state index contributed by atoms with van der Waals surface area (Å²) in [5, 5.41) is 8.14. The topological polar surface area (TPSA) is 51.0 Å². The number of thioether (sulfide) groups is 1. The van der Waals surface area contributed by atoms with Crippen LogP contribution >= 0.6 is 11.8 Å². The van der Waals surface area contributed by atoms with Crippen LogP contribution in [-0.4, -0.2) is 28.5 Å². The summed E-state index contributed by atoms with van der Waals surface area (Å²) in [6, 6.07) is 0. The molecular formula is C13H23N3OS. The summed E-state index contributed by atoms with van der Waals surface area (Å²) in [5.74, 6) is 3.18. The van der Waals surface area contributed by atoms with E-state index in [0.29, 0.717) is 11.2 Å². The van der Waals surface area contributed by atoms with Crippen LogP contribution in [0.1, 0.15) is 44.8 Å². The first-order valence-corrected chi connectivity index (χ1v) is 7.96. The summed E-state index contributed by atoms with van der Waals surface area (Å²) in [6.45, 7) is 6.67. The molecule has 2 heterocycles. The summed E-state index contributed by atoms with van der Waals surface area (Å²) in [4.78, 5) is 4.48. The van der Waals surface area contributed by atoms with Crippen molar-refractivity contribution in [3.63, 3.8) is 0 Å². The maximum atomic E-state index is 5.33. The lowest BCUT2D eigenvalue weighted by atomic mass is 9.96. The third-order valence-electron chi connectivity index (χ3n) is 3.44. The maximum absolute atomic E-state index is 5.33. The molecule has 1 fully saturated rings. The number of nitrogens with one attached hydrogen (secondary N) is 1. The van der Waals surface area contributed by atoms with Crippen LogP contribution in [0.2, 0.25) is 0 Å². The van der Waals surface area contributed by atoms with Crippen LogP contribution < -0.4 is 5.32 Å². The largest absolute Gasteiger partial charge is 0.339 e. The molecule has 0 aromatic carbocycles. The van der Waals surface area contributed by atoms with Gasteiger partial charge in [0.2, 0.25) is 5.89 Å². The second kappa shape index (κ2) is 7.14. The Morgan fingerprint density at radius 2 is 2.44 bits per heavy atom. The third-order valence-corrected chi connectivity index (χ3v) is 4.77. The first-order valence-electron chi connectivity index (χ1n) is 6.91. The lowest BCUT2D eigenvalue weighted by Crippen LogP contribution is -2.30. The first kappa shape index (κ1) is 13.9. The molecule has 0 aliphatic carbocycles. The third kappa shape index (κ3) is 4.28. The van der Waals surface area contributed by atoms with Gasteiger partial charge in [0.05, 0.1) is 5.75 Å². The van der Waals surface area contributed by atoms with Gasteiger partial charge in [-0.2, -0.15) is 16.7 Å². The Morgan fingerprint density at radius 1 is 1.56 bits per heavy atom. The van der Waals surface area contributed by atoms with Gasteiger partial charge in [-0.25, -0.2) is 0 Å². The monoisotopic (exact) mass is 269 g/mol. The molecule has 1 aromatic heterocycles. The second-order valence-corrected chi connectivity index (χ2v) is 6.48. The molecule has 1 aliphatic rings. The molecule has 2 rings (SSSR count). The van der Waals surface area contributed by atoms with Crippen molar-refractivity contribution < 1.29 is 4.52 Å². The predicted octanol–water partition coefficient (Wildman–Crippen LogP) is 2.64. The number of piperidine rings is 1. The van der Waals surface area contributed by atoms with E-state index in [1.54, 1.807) is 0 Å². The van der Waals surface area contributed by atoms with Crippen LogP contribution in [0.3, 0.4) is 0 Å². The zero-order valence-corrected chi connectivity index (χ0v) is 12.1. The van der Waals surface area contributed by atoms with Crippen molar-refractivity contribution in [3.8, 4) is 0 Å². The molecular weight excluding hydrogens is 246 g/mol. The van der Waals surface area contributed by atoms with Crippen molar-refractivity contribution in [2.24, 2.45) is 5.92 Å². The van der Waals surface area contributed by atoms with Crippen molar-refractivity contribution in [3.05, 3.63) is 11.7 Å². The lowest BCUT2D eigenvalue weighted by molar-refractivity contribution is 0.315. The van der Waals surface area contributed by atoms with E-state index >= 15 is 0 Å². The van der Waals surface area contributed by atoms with Crippen molar-refractivity contribution in [1.82, 2.24) is 15.5 Å². The molecule has 1 aliphatic heterocycles. The highest BCUT2D eigenvalue weighted by atomic mass is 32.2. The second-order valence-electron chi connectivity index (χ2n) is 5.05. The van der Waals surface area contributed by atoms with Crippen LogP contribution in [0.5, 0.6) is 0 Å². The van der Waals surface area contributed by atoms with Gasteiger partial charge in [-0.05, 0) is 38.3 Å². The normalized spacial score (nSPS) is 22.0. The number of rotatable bonds is 6. The van der Waals surface area contributed by atoms with Crippen LogP contribution in [0.15, 0.2) is 4.52 Å². The molecule has 2 atom stereocenters. The van der Waals surface area contributed by atoms with Crippen molar-refractivity contribution in [2.75, 3.05) is 13.1 Å². The number of nitrogens with zero attached hydrogens (tertiary/aromatic N) is 2. The van der Waals surface area contributed by atoms with E-state index in [-0.39, 0.29) is 0 Å². The molecule has 4 nitrogen and oxygen atoms in total. The molecule has 5 heteroatoms. The van der Waals surface area contributed by atoms with Gasteiger partial charge in [0, 0.05) is 11.7 Å². The fraction of sp³-hybridized carbons (Fsp3) is 0.846. The molecule has 1 aromatic rings. The number of hydrogen-bond acceptors (Lipinski definition) is 5. The smallest absolute Gasteiger partial charge is 0.226 e. The Labute approximate surface area is 113 Å². The highest BCUT2D eigenvalue weighted by Gasteiger charge is 2.17. The van der Waals surface area contributed by atoms with Crippen LogP contribution in [0.4, 0.5) is 0 Å². The van der Waals surface area contributed by atoms with Gasteiger partial charge in [-0.15, -0.1) is 0 Å². The van der Waals surface area contributed by atoms with E-state index < -0.39 is 0 Å². The molecule has 0 radical (unpaired) electrons. The van der Waals surface area contributed by atoms with Crippen LogP contribution in [0, 0.1) is 5.92 Å². The van der Waals surface area contributed by atoms with Crippen LogP contribution in [-0.2, 0) is 12.2 Å². The maximum Gasteiger partial charge on any atom is 0.226 e. The summed E-state index contributed by atoms with van der Waals surface area (Å²) in [7, 11) is 0. The first-order chi connectivity index (χ1) is 8.78. The Hall–Kier alpha value is -0.550. The van der Waals surface area contributed by atoms with E-state index in [9.17, 15) is 0 Å². The molecule has 1 saturated heterocycles. The molecule has 102 valence electrons. The molecule has 0 bridgehead atoms. The molecule has 2 unspecified atom stereocenters. The fourth-order valence-electron chi connectivity index (χ4n) is 2.11. The fourth-order valence-corrected chi connectivity index (χ4v) is 2.90. The van der Waals surface area contributed by atoms with E-state index in [1.807, 2.05) is 11.8 Å². The van der Waals surface area contributed by atoms with Gasteiger partial charge in [0.25, 0.3) is 0 Å². The zero-order chi connectivity index (χ0) is 12.8. The quantitative estimate of drug-likeness (QED) is 0.860. The molecule has 1 N–H and O–H groups in total. The lowest BCUT2D eigenvalue weighted by Gasteiger charge is -2.20. The highest BCUT2D eigenvalue weighted by Crippen LogP contribution is 2.19. The van der Waals surface area contributed by atoms with Crippen LogP contribution in [0.25, 0.3) is 0 Å². The molecule has 0 amide bonds. The van der Waals surface area contributed by atoms with Gasteiger partial charge in [-0.1, -0.05) is 19.0 Å². The van der Waals surface area contributed by atoms with Crippen molar-refractivity contribution in [1.29, 1.82) is 0 Å². The van der Waals surface area contributed by atoms with E-state index in [0.717, 1.165) is 37.0 Å². The summed E-state index contributed by atoms with van der Waals surface area (Å²) in [5.41, 5.74) is 0. The summed E-state index contributed by atoms with van der Waals surface area (Å²) in [6.07, 6.45) is 4.64. The van der Waals surface area contributed by atoms with E-state index in [4.69, 9.17) is 4.52 Å². The standard InChI is InChI=1S/C13H23N3OS/c1-3-10(2)18-9-12-15-13(17-16-12)7-11-5-4-6-14-8-11/h10-11,14H,3-9H2,1-2H3. The summed E-state index contributed by atoms with van der Waals surface area (Å²) < 4.78 is 5.33. The Kier molecular flexibility index (Phi) is 5.50. The highest BCUT2D eigenvalue weighted by molar-refractivity contribution is 7.99. The number of hydrogen-bond donors (Lipinski definition) is 1. The molecule has 0 spiro atoms. The van der Waals surface area contributed by atoms with E-state index in [1.165, 1.54) is 19.3 Å².